The molecule has 176 valence electrons. The van der Waals surface area contributed by atoms with Crippen LogP contribution in [0.15, 0.2) is 27.8 Å². The normalized spacial score (nSPS) is 11.3. The summed E-state index contributed by atoms with van der Waals surface area (Å²) in [6, 6.07) is 5.57. The number of hydrogen-bond donors (Lipinski definition) is 0. The average molecular weight is 473 g/mol. The van der Waals surface area contributed by atoms with Crippen LogP contribution < -0.4 is 20.7 Å². The van der Waals surface area contributed by atoms with E-state index in [1.54, 1.807) is 21.1 Å². The minimum atomic E-state index is -0.490. The summed E-state index contributed by atoms with van der Waals surface area (Å²) >= 11 is 1.32. The van der Waals surface area contributed by atoms with Crippen molar-refractivity contribution >= 4 is 39.7 Å². The SMILES string of the molecule is CCCC(=O)OCn1c(=O)n(CC)c(=O)c2c(C)c(C=Cc3ccc(OC)c(OC)c3)sc21. The molecule has 0 N–H and O–H groups in total. The highest BCUT2D eigenvalue weighted by Crippen LogP contribution is 2.31. The topological polar surface area (TPSA) is 88.8 Å². The van der Waals surface area contributed by atoms with Crippen molar-refractivity contribution in [2.24, 2.45) is 0 Å². The number of carbonyl (C=O) groups is 1. The molecule has 0 unspecified atom stereocenters. The molecule has 3 rings (SSSR count). The highest BCUT2D eigenvalue weighted by Gasteiger charge is 2.19. The van der Waals surface area contributed by atoms with Gasteiger partial charge in [-0.1, -0.05) is 19.1 Å². The van der Waals surface area contributed by atoms with Crippen LogP contribution in [-0.4, -0.2) is 29.3 Å². The Labute approximate surface area is 195 Å². The second kappa shape index (κ2) is 10.5. The van der Waals surface area contributed by atoms with Crippen molar-refractivity contribution in [2.45, 2.75) is 46.9 Å². The molecule has 2 aromatic heterocycles. The van der Waals surface area contributed by atoms with Gasteiger partial charge >= 0.3 is 11.7 Å². The molecule has 0 saturated heterocycles. The van der Waals surface area contributed by atoms with Gasteiger partial charge in [-0.25, -0.2) is 9.36 Å². The number of rotatable bonds is 9. The van der Waals surface area contributed by atoms with Crippen molar-refractivity contribution < 1.29 is 19.0 Å². The van der Waals surface area contributed by atoms with E-state index >= 15 is 0 Å². The fraction of sp³-hybridized carbons (Fsp3) is 0.375. The number of nitrogens with zero attached hydrogens (tertiary/aromatic N) is 2. The number of ether oxygens (including phenoxy) is 3. The molecule has 0 radical (unpaired) electrons. The minimum absolute atomic E-state index is 0.225. The van der Waals surface area contributed by atoms with Crippen LogP contribution >= 0.6 is 11.3 Å². The molecule has 0 aliphatic heterocycles. The number of fused-ring (bicyclic) bond motifs is 1. The van der Waals surface area contributed by atoms with Gasteiger partial charge in [0.05, 0.1) is 19.6 Å². The van der Waals surface area contributed by atoms with E-state index < -0.39 is 5.69 Å². The molecule has 3 aromatic rings. The number of carbonyl (C=O) groups excluding carboxylic acids is 1. The summed E-state index contributed by atoms with van der Waals surface area (Å²) in [7, 11) is 3.16. The monoisotopic (exact) mass is 472 g/mol. The Kier molecular flexibility index (Phi) is 7.75. The highest BCUT2D eigenvalue weighted by atomic mass is 32.1. The fourth-order valence-electron chi connectivity index (χ4n) is 3.50. The maximum Gasteiger partial charge on any atom is 0.334 e. The van der Waals surface area contributed by atoms with E-state index in [9.17, 15) is 14.4 Å². The summed E-state index contributed by atoms with van der Waals surface area (Å²) in [6.45, 7) is 5.46. The predicted molar refractivity (Wildman–Crippen MR) is 130 cm³/mol. The van der Waals surface area contributed by atoms with Gasteiger partial charge in [0, 0.05) is 17.8 Å². The molecule has 0 amide bonds. The molecule has 0 saturated carbocycles. The summed E-state index contributed by atoms with van der Waals surface area (Å²) in [5, 5.41) is 0.458. The summed E-state index contributed by atoms with van der Waals surface area (Å²) in [5.74, 6) is 0.865. The predicted octanol–water partition coefficient (Wildman–Crippen LogP) is 4.04. The van der Waals surface area contributed by atoms with Crippen LogP contribution in [-0.2, 0) is 22.8 Å². The zero-order chi connectivity index (χ0) is 24.1. The van der Waals surface area contributed by atoms with Crippen LogP contribution in [0.3, 0.4) is 0 Å². The second-order valence-electron chi connectivity index (χ2n) is 7.37. The Morgan fingerprint density at radius 3 is 2.42 bits per heavy atom. The molecule has 0 atom stereocenters. The Hall–Kier alpha value is -3.33. The lowest BCUT2D eigenvalue weighted by atomic mass is 10.1. The molecular formula is C24H28N2O6S. The van der Waals surface area contributed by atoms with E-state index in [2.05, 4.69) is 0 Å². The van der Waals surface area contributed by atoms with Crippen LogP contribution in [0.1, 0.15) is 42.7 Å². The van der Waals surface area contributed by atoms with E-state index in [0.717, 1.165) is 20.6 Å². The maximum atomic E-state index is 13.0. The average Bonchev–Trinajstić information content (AvgIpc) is 3.13. The van der Waals surface area contributed by atoms with E-state index in [1.807, 2.05) is 44.2 Å². The first-order valence-corrected chi connectivity index (χ1v) is 11.5. The van der Waals surface area contributed by atoms with Gasteiger partial charge in [0.1, 0.15) is 4.83 Å². The van der Waals surface area contributed by atoms with Crippen LogP contribution in [0.4, 0.5) is 0 Å². The quantitative estimate of drug-likeness (QED) is 0.437. The first-order chi connectivity index (χ1) is 15.9. The van der Waals surface area contributed by atoms with Gasteiger partial charge in [0.15, 0.2) is 18.2 Å². The molecular weight excluding hydrogens is 444 g/mol. The van der Waals surface area contributed by atoms with Crippen molar-refractivity contribution in [1.29, 1.82) is 0 Å². The third kappa shape index (κ3) is 4.88. The Morgan fingerprint density at radius 1 is 1.06 bits per heavy atom. The number of hydrogen-bond acceptors (Lipinski definition) is 7. The lowest BCUT2D eigenvalue weighted by Crippen LogP contribution is -2.40. The van der Waals surface area contributed by atoms with Crippen LogP contribution in [0, 0.1) is 6.92 Å². The first kappa shape index (κ1) is 24.3. The number of thiophene rings is 1. The fourth-order valence-corrected chi connectivity index (χ4v) is 4.69. The van der Waals surface area contributed by atoms with Gasteiger partial charge in [-0.05, 0) is 49.6 Å². The summed E-state index contributed by atoms with van der Waals surface area (Å²) in [5.41, 5.74) is 0.832. The molecule has 8 nitrogen and oxygen atoms in total. The molecule has 0 aliphatic rings. The van der Waals surface area contributed by atoms with Gasteiger partial charge < -0.3 is 14.2 Å². The molecule has 2 heterocycles. The van der Waals surface area contributed by atoms with Gasteiger partial charge in [0.2, 0.25) is 0 Å². The van der Waals surface area contributed by atoms with Crippen molar-refractivity contribution in [2.75, 3.05) is 14.2 Å². The number of methoxy groups -OCH3 is 2. The van der Waals surface area contributed by atoms with Crippen molar-refractivity contribution in [3.63, 3.8) is 0 Å². The molecule has 9 heteroatoms. The molecule has 0 bridgehead atoms. The molecule has 1 aromatic carbocycles. The van der Waals surface area contributed by atoms with E-state index in [0.29, 0.717) is 28.1 Å². The third-order valence-corrected chi connectivity index (χ3v) is 6.57. The zero-order valence-corrected chi connectivity index (χ0v) is 20.3. The Balaban J connectivity index is 2.09. The van der Waals surface area contributed by atoms with E-state index in [1.165, 1.54) is 15.9 Å². The third-order valence-electron chi connectivity index (χ3n) is 5.29. The molecule has 0 aliphatic carbocycles. The largest absolute Gasteiger partial charge is 0.493 e. The van der Waals surface area contributed by atoms with Crippen molar-refractivity contribution in [3.8, 4) is 11.5 Å². The van der Waals surface area contributed by atoms with Crippen molar-refractivity contribution in [3.05, 3.63) is 55.0 Å². The van der Waals surface area contributed by atoms with Crippen LogP contribution in [0.5, 0.6) is 11.5 Å². The Morgan fingerprint density at radius 2 is 1.79 bits per heavy atom. The van der Waals surface area contributed by atoms with Gasteiger partial charge in [-0.2, -0.15) is 0 Å². The summed E-state index contributed by atoms with van der Waals surface area (Å²) in [6.07, 6.45) is 4.73. The molecule has 0 spiro atoms. The number of aromatic nitrogens is 2. The first-order valence-electron chi connectivity index (χ1n) is 10.7. The Bertz CT molecular complexity index is 1320. The highest BCUT2D eigenvalue weighted by molar-refractivity contribution is 7.19. The van der Waals surface area contributed by atoms with Gasteiger partial charge in [-0.3, -0.25) is 14.2 Å². The number of benzene rings is 1. The van der Waals surface area contributed by atoms with Gasteiger partial charge in [0.25, 0.3) is 5.56 Å². The number of esters is 1. The summed E-state index contributed by atoms with van der Waals surface area (Å²) in [4.78, 5) is 39.2. The molecule has 0 fully saturated rings. The zero-order valence-electron chi connectivity index (χ0n) is 19.5. The number of aryl methyl sites for hydroxylation is 1. The second-order valence-corrected chi connectivity index (χ2v) is 8.41. The van der Waals surface area contributed by atoms with E-state index in [-0.39, 0.29) is 31.2 Å². The standard InChI is InChI=1S/C24H28N2O6S/c1-6-8-20(27)32-14-26-23-21(22(28)25(7-2)24(26)29)15(3)19(33-23)12-10-16-9-11-17(30-4)18(13-16)31-5/h9-13H,6-8,14H2,1-5H3. The van der Waals surface area contributed by atoms with Gasteiger partial charge in [-0.15, -0.1) is 11.3 Å². The maximum absolute atomic E-state index is 13.0. The van der Waals surface area contributed by atoms with Crippen molar-refractivity contribution in [1.82, 2.24) is 9.13 Å². The lowest BCUT2D eigenvalue weighted by Gasteiger charge is -2.11. The van der Waals surface area contributed by atoms with Crippen LogP contribution in [0.25, 0.3) is 22.4 Å². The van der Waals surface area contributed by atoms with E-state index in [4.69, 9.17) is 14.2 Å². The molecule has 33 heavy (non-hydrogen) atoms. The smallest absolute Gasteiger partial charge is 0.334 e. The lowest BCUT2D eigenvalue weighted by molar-refractivity contribution is -0.147. The minimum Gasteiger partial charge on any atom is -0.493 e. The summed E-state index contributed by atoms with van der Waals surface area (Å²) < 4.78 is 18.4. The van der Waals surface area contributed by atoms with Crippen LogP contribution in [0.2, 0.25) is 0 Å².